The van der Waals surface area contributed by atoms with Crippen LogP contribution in [0.3, 0.4) is 0 Å². The summed E-state index contributed by atoms with van der Waals surface area (Å²) in [5.74, 6) is 0.886. The molecule has 34 heavy (non-hydrogen) atoms. The first-order valence-corrected chi connectivity index (χ1v) is 13.9. The van der Waals surface area contributed by atoms with Crippen LogP contribution in [0.2, 0.25) is 0 Å². The number of para-hydroxylation sites is 2. The standard InChI is InChI=1S/C27H38NO5P/c1-26(2)20-25(21-27(3,4)28(26)30-22-14-8-5-9-15-22)33-34(29,31-23-16-10-6-11-17-23)32-24-18-12-7-13-19-24/h6-7,10-13,16-19,22,25H,5,8-9,14-15,20-21H2,1-4H3. The van der Waals surface area contributed by atoms with Crippen molar-refractivity contribution >= 4 is 7.82 Å². The van der Waals surface area contributed by atoms with E-state index in [2.05, 4.69) is 32.8 Å². The number of nitrogens with zero attached hydrogens (tertiary/aromatic N) is 1. The highest BCUT2D eigenvalue weighted by atomic mass is 31.2. The molecular weight excluding hydrogens is 449 g/mol. The summed E-state index contributed by atoms with van der Waals surface area (Å²) in [5.41, 5.74) is -0.623. The predicted octanol–water partition coefficient (Wildman–Crippen LogP) is 7.56. The molecule has 1 saturated carbocycles. The van der Waals surface area contributed by atoms with Gasteiger partial charge in [0.1, 0.15) is 11.5 Å². The van der Waals surface area contributed by atoms with E-state index in [0.717, 1.165) is 12.8 Å². The van der Waals surface area contributed by atoms with Crippen molar-refractivity contribution in [2.45, 2.75) is 95.9 Å². The fourth-order valence-electron chi connectivity index (χ4n) is 5.32. The molecule has 7 heteroatoms. The predicted molar refractivity (Wildman–Crippen MR) is 134 cm³/mol. The maximum absolute atomic E-state index is 13.9. The highest BCUT2D eigenvalue weighted by Gasteiger charge is 2.50. The van der Waals surface area contributed by atoms with Gasteiger partial charge in [0.05, 0.1) is 12.2 Å². The van der Waals surface area contributed by atoms with Gasteiger partial charge < -0.3 is 9.05 Å². The number of hydroxylamine groups is 2. The van der Waals surface area contributed by atoms with E-state index in [1.54, 1.807) is 24.3 Å². The topological polar surface area (TPSA) is 57.2 Å². The lowest BCUT2D eigenvalue weighted by molar-refractivity contribution is -0.316. The van der Waals surface area contributed by atoms with Crippen LogP contribution in [0.4, 0.5) is 0 Å². The van der Waals surface area contributed by atoms with Gasteiger partial charge in [0.25, 0.3) is 0 Å². The van der Waals surface area contributed by atoms with Gasteiger partial charge in [0, 0.05) is 11.1 Å². The van der Waals surface area contributed by atoms with E-state index in [0.29, 0.717) is 24.3 Å². The largest absolute Gasteiger partial charge is 0.587 e. The Bertz CT molecular complexity index is 896. The van der Waals surface area contributed by atoms with Crippen molar-refractivity contribution in [2.24, 2.45) is 0 Å². The first-order chi connectivity index (χ1) is 16.2. The molecule has 0 N–H and O–H groups in total. The Labute approximate surface area is 204 Å². The first kappa shape index (κ1) is 25.2. The molecule has 0 bridgehead atoms. The molecule has 1 aliphatic heterocycles. The van der Waals surface area contributed by atoms with Crippen LogP contribution in [-0.2, 0) is 13.9 Å². The molecule has 2 aromatic carbocycles. The average molecular weight is 488 g/mol. The van der Waals surface area contributed by atoms with Crippen LogP contribution >= 0.6 is 7.82 Å². The van der Waals surface area contributed by atoms with Crippen molar-refractivity contribution in [3.63, 3.8) is 0 Å². The van der Waals surface area contributed by atoms with E-state index in [1.165, 1.54) is 19.3 Å². The van der Waals surface area contributed by atoms with Crippen molar-refractivity contribution in [3.8, 4) is 11.5 Å². The van der Waals surface area contributed by atoms with Crippen molar-refractivity contribution in [1.82, 2.24) is 5.06 Å². The number of phosphoric ester groups is 1. The van der Waals surface area contributed by atoms with E-state index in [1.807, 2.05) is 36.4 Å². The second-order valence-electron chi connectivity index (χ2n) is 10.7. The summed E-state index contributed by atoms with van der Waals surface area (Å²) in [7, 11) is -3.96. The molecule has 0 spiro atoms. The quantitative estimate of drug-likeness (QED) is 0.358. The molecule has 1 heterocycles. The second-order valence-corrected chi connectivity index (χ2v) is 12.1. The lowest BCUT2D eigenvalue weighted by Crippen LogP contribution is -2.62. The number of hydrogen-bond acceptors (Lipinski definition) is 6. The summed E-state index contributed by atoms with van der Waals surface area (Å²) in [6, 6.07) is 18.1. The van der Waals surface area contributed by atoms with Gasteiger partial charge in [-0.2, -0.15) is 5.06 Å². The van der Waals surface area contributed by atoms with E-state index in [4.69, 9.17) is 18.4 Å². The van der Waals surface area contributed by atoms with Crippen molar-refractivity contribution < 1.29 is 23.0 Å². The molecule has 0 atom stereocenters. The second kappa shape index (κ2) is 10.4. The molecule has 1 aliphatic carbocycles. The number of rotatable bonds is 8. The summed E-state index contributed by atoms with van der Waals surface area (Å²) >= 11 is 0. The number of piperidine rings is 1. The van der Waals surface area contributed by atoms with Gasteiger partial charge in [-0.3, -0.25) is 9.36 Å². The summed E-state index contributed by atoms with van der Waals surface area (Å²) in [6.45, 7) is 8.64. The Hall–Kier alpha value is -1.85. The lowest BCUT2D eigenvalue weighted by Gasteiger charge is -2.54. The van der Waals surface area contributed by atoms with E-state index < -0.39 is 7.82 Å². The first-order valence-electron chi connectivity index (χ1n) is 12.4. The minimum absolute atomic E-state index is 0.263. The third-order valence-corrected chi connectivity index (χ3v) is 7.98. The van der Waals surface area contributed by atoms with Crippen LogP contribution in [0.25, 0.3) is 0 Å². The van der Waals surface area contributed by atoms with E-state index in [9.17, 15) is 4.57 Å². The van der Waals surface area contributed by atoms with Gasteiger partial charge in [-0.05, 0) is 77.6 Å². The summed E-state index contributed by atoms with van der Waals surface area (Å²) in [6.07, 6.45) is 7.17. The van der Waals surface area contributed by atoms with Gasteiger partial charge in [-0.15, -0.1) is 0 Å². The van der Waals surface area contributed by atoms with Gasteiger partial charge in [-0.25, -0.2) is 4.57 Å². The minimum Gasteiger partial charge on any atom is -0.395 e. The fourth-order valence-corrected chi connectivity index (χ4v) is 6.71. The molecule has 6 nitrogen and oxygen atoms in total. The zero-order valence-electron chi connectivity index (χ0n) is 20.8. The summed E-state index contributed by atoms with van der Waals surface area (Å²) in [4.78, 5) is 6.58. The molecule has 2 aromatic rings. The van der Waals surface area contributed by atoms with Crippen molar-refractivity contribution in [3.05, 3.63) is 60.7 Å². The zero-order valence-corrected chi connectivity index (χ0v) is 21.7. The maximum Gasteiger partial charge on any atom is 0.587 e. The monoisotopic (exact) mass is 487 g/mol. The highest BCUT2D eigenvalue weighted by molar-refractivity contribution is 7.49. The zero-order chi connectivity index (χ0) is 24.2. The normalized spacial score (nSPS) is 21.8. The number of hydrogen-bond donors (Lipinski definition) is 0. The van der Waals surface area contributed by atoms with Gasteiger partial charge in [0.15, 0.2) is 0 Å². The molecule has 0 aromatic heterocycles. The number of benzene rings is 2. The van der Waals surface area contributed by atoms with E-state index in [-0.39, 0.29) is 23.3 Å². The Morgan fingerprint density at radius 1 is 0.735 bits per heavy atom. The molecule has 0 unspecified atom stereocenters. The molecule has 186 valence electrons. The SMILES string of the molecule is CC1(C)CC(OP(=O)(Oc2ccccc2)Oc2ccccc2)CC(C)(C)N1OC1CCCCC1. The van der Waals surface area contributed by atoms with Crippen LogP contribution in [0.5, 0.6) is 11.5 Å². The van der Waals surface area contributed by atoms with E-state index >= 15 is 0 Å². The fraction of sp³-hybridized carbons (Fsp3) is 0.556. The Balaban J connectivity index is 1.52. The van der Waals surface area contributed by atoms with Crippen LogP contribution in [0.15, 0.2) is 60.7 Å². The average Bonchev–Trinajstić information content (AvgIpc) is 2.77. The molecule has 4 rings (SSSR count). The number of phosphoric acid groups is 1. The molecule has 2 fully saturated rings. The van der Waals surface area contributed by atoms with Crippen LogP contribution in [-0.4, -0.2) is 28.3 Å². The van der Waals surface area contributed by atoms with Gasteiger partial charge >= 0.3 is 7.82 Å². The smallest absolute Gasteiger partial charge is 0.395 e. The molecule has 2 aliphatic rings. The highest BCUT2D eigenvalue weighted by Crippen LogP contribution is 2.54. The molecular formula is C27H38NO5P. The molecule has 0 amide bonds. The maximum atomic E-state index is 13.9. The van der Waals surface area contributed by atoms with Crippen LogP contribution in [0, 0.1) is 0 Å². The Kier molecular flexibility index (Phi) is 7.73. The van der Waals surface area contributed by atoms with Crippen molar-refractivity contribution in [2.75, 3.05) is 0 Å². The minimum atomic E-state index is -3.96. The lowest BCUT2D eigenvalue weighted by atomic mass is 9.80. The molecule has 1 saturated heterocycles. The summed E-state index contributed by atoms with van der Waals surface area (Å²) < 4.78 is 31.9. The van der Waals surface area contributed by atoms with Gasteiger partial charge in [-0.1, -0.05) is 55.7 Å². The Morgan fingerprint density at radius 2 is 1.21 bits per heavy atom. The molecule has 0 radical (unpaired) electrons. The summed E-state index contributed by atoms with van der Waals surface area (Å²) in [5, 5.41) is 2.16. The van der Waals surface area contributed by atoms with Crippen LogP contribution < -0.4 is 9.05 Å². The van der Waals surface area contributed by atoms with Crippen LogP contribution in [0.1, 0.15) is 72.6 Å². The third-order valence-electron chi connectivity index (χ3n) is 6.56. The van der Waals surface area contributed by atoms with Gasteiger partial charge in [0.2, 0.25) is 0 Å². The van der Waals surface area contributed by atoms with Crippen molar-refractivity contribution in [1.29, 1.82) is 0 Å². The Morgan fingerprint density at radius 3 is 1.68 bits per heavy atom. The third kappa shape index (κ3) is 6.42.